The summed E-state index contributed by atoms with van der Waals surface area (Å²) in [7, 11) is 0. The second-order valence-electron chi connectivity index (χ2n) is 28.2. The van der Waals surface area contributed by atoms with Gasteiger partial charge < -0.3 is 88.9 Å². The lowest BCUT2D eigenvalue weighted by atomic mass is 9.96. The van der Waals surface area contributed by atoms with Gasteiger partial charge in [0.25, 0.3) is 0 Å². The number of nitrogens with zero attached hydrogens (tertiary/aromatic N) is 8. The van der Waals surface area contributed by atoms with E-state index >= 15 is 0 Å². The number of carboxylic acids is 8. The lowest BCUT2D eigenvalue weighted by Crippen LogP contribution is -2.58. The minimum atomic E-state index is -1.46. The zero-order chi connectivity index (χ0) is 84.6. The Morgan fingerprint density at radius 3 is 1.06 bits per heavy atom. The molecule has 2 aliphatic rings. The van der Waals surface area contributed by atoms with Crippen molar-refractivity contribution in [3.8, 4) is 5.75 Å². The summed E-state index contributed by atoms with van der Waals surface area (Å²) < 4.78 is 0. The van der Waals surface area contributed by atoms with Gasteiger partial charge in [0.15, 0.2) is 0 Å². The predicted octanol–water partition coefficient (Wildman–Crippen LogP) is -4.55. The number of carbonyl (C=O) groups is 16. The topological polar surface area (TPSA) is 591 Å². The van der Waals surface area contributed by atoms with E-state index in [2.05, 4.69) is 37.2 Å². The number of aromatic hydroxyl groups is 1. The lowest BCUT2D eigenvalue weighted by molar-refractivity contribution is -0.145. The molecule has 4 rings (SSSR count). The fourth-order valence-electron chi connectivity index (χ4n) is 12.8. The monoisotopic (exact) mass is 1610 g/mol. The highest BCUT2D eigenvalue weighted by atomic mass is 16.4. The summed E-state index contributed by atoms with van der Waals surface area (Å²) in [6.07, 6.45) is -2.15. The Labute approximate surface area is 659 Å². The van der Waals surface area contributed by atoms with Crippen molar-refractivity contribution >= 4 is 95.0 Å². The maximum Gasteiger partial charge on any atom is 0.320 e. The average Bonchev–Trinajstić information content (AvgIpc) is 0.849. The van der Waals surface area contributed by atoms with Gasteiger partial charge in [0.05, 0.1) is 39.3 Å². The number of rotatable bonds is 45. The van der Waals surface area contributed by atoms with Crippen LogP contribution in [0.4, 0.5) is 0 Å². The predicted molar refractivity (Wildman–Crippen MR) is 404 cm³/mol. The van der Waals surface area contributed by atoms with Gasteiger partial charge in [-0.1, -0.05) is 63.6 Å². The largest absolute Gasteiger partial charge is 0.508 e. The van der Waals surface area contributed by atoms with Crippen molar-refractivity contribution < 1.29 is 123 Å². The highest BCUT2D eigenvalue weighted by Crippen LogP contribution is 2.18. The molecule has 2 aliphatic heterocycles. The van der Waals surface area contributed by atoms with Crippen LogP contribution in [0.5, 0.6) is 5.75 Å². The molecule has 0 aromatic heterocycles. The smallest absolute Gasteiger partial charge is 0.320 e. The van der Waals surface area contributed by atoms with Crippen LogP contribution in [0.15, 0.2) is 48.5 Å². The zero-order valence-electron chi connectivity index (χ0n) is 64.6. The molecule has 2 heterocycles. The molecule has 0 aliphatic carbocycles. The summed E-state index contributed by atoms with van der Waals surface area (Å²) in [5, 5.41) is 108. The van der Waals surface area contributed by atoms with Crippen molar-refractivity contribution in [3.63, 3.8) is 0 Å². The minimum Gasteiger partial charge on any atom is -0.508 e. The number of aliphatic carboxylic acids is 8. The second-order valence-corrected chi connectivity index (χ2v) is 28.2. The van der Waals surface area contributed by atoms with Gasteiger partial charge >= 0.3 is 47.8 Å². The summed E-state index contributed by atoms with van der Waals surface area (Å²) in [5.41, 5.74) is 7.05. The van der Waals surface area contributed by atoms with Crippen LogP contribution >= 0.6 is 0 Å². The third-order valence-corrected chi connectivity index (χ3v) is 19.5. The third kappa shape index (κ3) is 37.8. The molecule has 2 aromatic carbocycles. The SMILES string of the molecule is CCC(=O)N[C@@H](Cc1ccc(O)cc1)C(=O)N[C@H](C(=O)N[C@@H](CCC(N)=O)C(=O)NCc1ccc(CNC(=O)[C@H](CCNC(=O)CCC(C(=O)O)N2CCN(CC(=O)O)CCN(CC(=O)O)CCN(CC(=O)O)CC2)NC(=O)CCC(C(=O)O)N2CCN(CC(=O)O)CCN(CC(=O)O)CCN(CC(=O)O)CC2)cc1)C(C)CC. The maximum atomic E-state index is 14.3. The molecule has 41 heteroatoms. The molecule has 2 aromatic rings. The molecule has 634 valence electrons. The Bertz CT molecular complexity index is 3500. The van der Waals surface area contributed by atoms with Gasteiger partial charge in [-0.3, -0.25) is 116 Å². The number of nitrogens with one attached hydrogen (secondary N) is 7. The minimum absolute atomic E-state index is 0.00242. The Hall–Kier alpha value is -10.6. The number of nitrogens with two attached hydrogens (primary N) is 1. The molecule has 0 bridgehead atoms. The molecule has 0 saturated carbocycles. The average molecular weight is 1610 g/mol. The zero-order valence-corrected chi connectivity index (χ0v) is 64.6. The molecule has 114 heavy (non-hydrogen) atoms. The van der Waals surface area contributed by atoms with Crippen LogP contribution in [0.25, 0.3) is 0 Å². The van der Waals surface area contributed by atoms with Crippen molar-refractivity contribution in [2.24, 2.45) is 11.7 Å². The highest BCUT2D eigenvalue weighted by Gasteiger charge is 2.35. The van der Waals surface area contributed by atoms with Gasteiger partial charge in [0.2, 0.25) is 47.3 Å². The number of primary amides is 1. The molecule has 2 saturated heterocycles. The van der Waals surface area contributed by atoms with E-state index in [-0.39, 0.29) is 169 Å². The maximum absolute atomic E-state index is 14.3. The molecule has 7 atom stereocenters. The van der Waals surface area contributed by atoms with Crippen molar-refractivity contribution in [1.82, 2.24) is 76.4 Å². The first-order valence-corrected chi connectivity index (χ1v) is 37.8. The van der Waals surface area contributed by atoms with E-state index in [4.69, 9.17) is 5.73 Å². The van der Waals surface area contributed by atoms with Crippen molar-refractivity contribution in [3.05, 3.63) is 65.2 Å². The van der Waals surface area contributed by atoms with E-state index in [1.165, 1.54) is 51.3 Å². The molecule has 0 spiro atoms. The van der Waals surface area contributed by atoms with Crippen molar-refractivity contribution in [2.75, 3.05) is 151 Å². The van der Waals surface area contributed by atoms with Crippen LogP contribution < -0.4 is 43.0 Å². The van der Waals surface area contributed by atoms with Crippen molar-refractivity contribution in [2.45, 2.75) is 134 Å². The number of hydrogen-bond donors (Lipinski definition) is 17. The molecular weight excluding hydrogens is 1500 g/mol. The summed E-state index contributed by atoms with van der Waals surface area (Å²) in [5.74, 6) is -16.3. The van der Waals surface area contributed by atoms with E-state index in [1.807, 2.05) is 0 Å². The fraction of sp³-hybridized carbons (Fsp3) is 0.616. The lowest BCUT2D eigenvalue weighted by Gasteiger charge is -2.35. The van der Waals surface area contributed by atoms with E-state index in [0.717, 1.165) is 0 Å². The quantitative estimate of drug-likeness (QED) is 0.0297. The number of benzene rings is 2. The van der Waals surface area contributed by atoms with Crippen LogP contribution in [0.2, 0.25) is 0 Å². The van der Waals surface area contributed by atoms with Gasteiger partial charge in [-0.15, -0.1) is 0 Å². The molecule has 3 unspecified atom stereocenters. The van der Waals surface area contributed by atoms with E-state index in [0.29, 0.717) is 23.1 Å². The van der Waals surface area contributed by atoms with Crippen LogP contribution in [0, 0.1) is 5.92 Å². The number of hydrogen-bond acceptors (Lipinski definition) is 25. The normalized spacial score (nSPS) is 17.2. The van der Waals surface area contributed by atoms with Gasteiger partial charge in [0.1, 0.15) is 42.0 Å². The summed E-state index contributed by atoms with van der Waals surface area (Å²) in [4.78, 5) is 218. The standard InChI is InChI=1S/C73H112N16O25/c1-4-47(3)67(81-70(109)54(79-58(92)5-2)38-48-10-12-51(90)13-11-48)71(110)80-52(14-17-57(74)91)68(107)76-39-49-6-8-50(9-7-49)40-77-69(108)53(78-60(94)19-16-56(73(113)114)89-36-32-86(45-65(103)104)28-24-83(42-62(97)98)25-29-87(33-37-89)46-66(105)106)20-21-75-59(93)18-15-55(72(111)112)88-34-30-84(43-63(99)100)26-22-82(41-61(95)96)23-27-85(31-35-88)44-64(101)102/h6-13,47,52-56,67,90H,4-5,14-46H2,1-3H3,(H2,74,91)(H,75,93)(H,76,107)(H,77,108)(H,78,94)(H,79,92)(H,80,110)(H,81,109)(H,95,96)(H,97,98)(H,99,100)(H,101,102)(H,103,104)(H,105,106)(H,111,112)(H,113,114)/t47?,52-,53-,54-,55?,56?,67-/m0/s1. The number of carbonyl (C=O) groups excluding carboxylic acids is 8. The molecule has 8 amide bonds. The Morgan fingerprint density at radius 2 is 0.719 bits per heavy atom. The number of amides is 8. The van der Waals surface area contributed by atoms with E-state index in [9.17, 15) is 123 Å². The first-order chi connectivity index (χ1) is 54.0. The van der Waals surface area contributed by atoms with Crippen LogP contribution in [0.1, 0.15) is 95.2 Å². The molecule has 2 fully saturated rings. The first-order valence-electron chi connectivity index (χ1n) is 37.8. The third-order valence-electron chi connectivity index (χ3n) is 19.5. The molecule has 41 nitrogen and oxygen atoms in total. The second kappa shape index (κ2) is 50.5. The fourth-order valence-corrected chi connectivity index (χ4v) is 12.8. The van der Waals surface area contributed by atoms with Gasteiger partial charge in [-0.05, 0) is 60.4 Å². The molecule has 18 N–H and O–H groups in total. The Balaban J connectivity index is 1.57. The highest BCUT2D eigenvalue weighted by molar-refractivity contribution is 5.95. The number of carboxylic acid groups (broad SMARTS) is 8. The van der Waals surface area contributed by atoms with Gasteiger partial charge in [0, 0.05) is 156 Å². The van der Waals surface area contributed by atoms with E-state index in [1.54, 1.807) is 57.2 Å². The van der Waals surface area contributed by atoms with Crippen LogP contribution in [-0.4, -0.2) is 367 Å². The summed E-state index contributed by atoms with van der Waals surface area (Å²) in [6.45, 7) is 1.58. The van der Waals surface area contributed by atoms with Crippen LogP contribution in [0.3, 0.4) is 0 Å². The first kappa shape index (κ1) is 95.8. The Morgan fingerprint density at radius 1 is 0.377 bits per heavy atom. The number of phenols is 1. The summed E-state index contributed by atoms with van der Waals surface area (Å²) >= 11 is 0. The molecular formula is C73H112N16O25. The van der Waals surface area contributed by atoms with E-state index < -0.39 is 196 Å². The Kier molecular flexibility index (Phi) is 42.5. The van der Waals surface area contributed by atoms with Crippen LogP contribution in [-0.2, 0) is 96.2 Å². The van der Waals surface area contributed by atoms with Gasteiger partial charge in [-0.2, -0.15) is 0 Å². The van der Waals surface area contributed by atoms with Gasteiger partial charge in [-0.25, -0.2) is 0 Å². The van der Waals surface area contributed by atoms with Crippen molar-refractivity contribution in [1.29, 1.82) is 0 Å². The number of phenolic OH excluding ortho intramolecular Hbond substituents is 1. The molecule has 0 radical (unpaired) electrons. The summed E-state index contributed by atoms with van der Waals surface area (Å²) in [6, 6.07) is 4.36.